The van der Waals surface area contributed by atoms with Crippen molar-refractivity contribution in [1.29, 1.82) is 0 Å². The van der Waals surface area contributed by atoms with Gasteiger partial charge in [-0.15, -0.1) is 0 Å². The quantitative estimate of drug-likeness (QED) is 0.767. The molecular formula is C17H19ClN2OS. The Kier molecular flexibility index (Phi) is 5.27. The molecule has 116 valence electrons. The molecule has 0 aliphatic rings. The summed E-state index contributed by atoms with van der Waals surface area (Å²) in [4.78, 5) is 0. The van der Waals surface area contributed by atoms with Crippen molar-refractivity contribution in [3.63, 3.8) is 0 Å². The number of hydrogen-bond donors (Lipinski definition) is 2. The van der Waals surface area contributed by atoms with Gasteiger partial charge in [0.1, 0.15) is 5.75 Å². The van der Waals surface area contributed by atoms with E-state index in [1.54, 1.807) is 13.2 Å². The van der Waals surface area contributed by atoms with Crippen LogP contribution in [0.5, 0.6) is 5.75 Å². The Hall–Kier alpha value is -1.78. The van der Waals surface area contributed by atoms with Gasteiger partial charge in [-0.2, -0.15) is 0 Å². The minimum absolute atomic E-state index is 0.508. The number of nitrogens with one attached hydrogen (secondary N) is 2. The molecule has 0 saturated heterocycles. The average molecular weight is 335 g/mol. The molecule has 0 aliphatic carbocycles. The van der Waals surface area contributed by atoms with Gasteiger partial charge in [-0.1, -0.05) is 23.7 Å². The molecule has 2 aromatic rings. The van der Waals surface area contributed by atoms with Crippen molar-refractivity contribution < 1.29 is 4.74 Å². The third kappa shape index (κ3) is 3.90. The number of anilines is 2. The first-order chi connectivity index (χ1) is 10.4. The summed E-state index contributed by atoms with van der Waals surface area (Å²) in [7, 11) is 1.60. The molecule has 2 N–H and O–H groups in total. The van der Waals surface area contributed by atoms with E-state index in [-0.39, 0.29) is 0 Å². The first-order valence-corrected chi connectivity index (χ1v) is 7.68. The number of hydrogen-bond acceptors (Lipinski definition) is 2. The SMILES string of the molecule is COc1cc(Cl)c(C)cc1NC(=S)Nc1cc(C)ccc1C. The lowest BCUT2D eigenvalue weighted by Gasteiger charge is -2.16. The van der Waals surface area contributed by atoms with Crippen molar-refractivity contribution in [1.82, 2.24) is 0 Å². The summed E-state index contributed by atoms with van der Waals surface area (Å²) < 4.78 is 5.34. The molecule has 0 atom stereocenters. The van der Waals surface area contributed by atoms with Crippen LogP contribution in [0.1, 0.15) is 16.7 Å². The van der Waals surface area contributed by atoms with Gasteiger partial charge in [0.05, 0.1) is 12.8 Å². The fourth-order valence-corrected chi connectivity index (χ4v) is 2.45. The summed E-state index contributed by atoms with van der Waals surface area (Å²) >= 11 is 11.5. The average Bonchev–Trinajstić information content (AvgIpc) is 2.46. The van der Waals surface area contributed by atoms with Crippen LogP contribution >= 0.6 is 23.8 Å². The predicted octanol–water partition coefficient (Wildman–Crippen LogP) is 5.08. The summed E-state index contributed by atoms with van der Waals surface area (Å²) in [6.07, 6.45) is 0. The topological polar surface area (TPSA) is 33.3 Å². The van der Waals surface area contributed by atoms with Crippen LogP contribution in [0.25, 0.3) is 0 Å². The molecular weight excluding hydrogens is 316 g/mol. The second-order valence-electron chi connectivity index (χ2n) is 5.20. The number of ether oxygens (including phenoxy) is 1. The maximum Gasteiger partial charge on any atom is 0.175 e. The molecule has 0 saturated carbocycles. The van der Waals surface area contributed by atoms with Crippen LogP contribution in [0.2, 0.25) is 5.02 Å². The number of methoxy groups -OCH3 is 1. The molecule has 0 radical (unpaired) electrons. The zero-order chi connectivity index (χ0) is 16.3. The monoisotopic (exact) mass is 334 g/mol. The minimum Gasteiger partial charge on any atom is -0.495 e. The maximum absolute atomic E-state index is 6.11. The fraction of sp³-hybridized carbons (Fsp3) is 0.235. The van der Waals surface area contributed by atoms with Crippen molar-refractivity contribution in [2.75, 3.05) is 17.7 Å². The molecule has 2 rings (SSSR count). The van der Waals surface area contributed by atoms with E-state index in [9.17, 15) is 0 Å². The van der Waals surface area contributed by atoms with Crippen molar-refractivity contribution >= 4 is 40.3 Å². The standard InChI is InChI=1S/C17H19ClN2OS/c1-10-5-6-11(2)14(7-10)19-17(22)20-15-8-12(3)13(18)9-16(15)21-4/h5-9H,1-4H3,(H2,19,20,22). The van der Waals surface area contributed by atoms with Crippen LogP contribution in [0.3, 0.4) is 0 Å². The summed E-state index contributed by atoms with van der Waals surface area (Å²) in [6, 6.07) is 9.89. The predicted molar refractivity (Wildman–Crippen MR) is 98.5 cm³/mol. The van der Waals surface area contributed by atoms with E-state index in [2.05, 4.69) is 28.8 Å². The van der Waals surface area contributed by atoms with Crippen LogP contribution < -0.4 is 15.4 Å². The molecule has 0 bridgehead atoms. The van der Waals surface area contributed by atoms with Gasteiger partial charge in [-0.25, -0.2) is 0 Å². The van der Waals surface area contributed by atoms with Gasteiger partial charge in [-0.3, -0.25) is 0 Å². The van der Waals surface area contributed by atoms with Gasteiger partial charge in [0.2, 0.25) is 0 Å². The molecule has 22 heavy (non-hydrogen) atoms. The second kappa shape index (κ2) is 6.99. The van der Waals surface area contributed by atoms with E-state index in [0.717, 1.165) is 22.5 Å². The van der Waals surface area contributed by atoms with E-state index in [1.165, 1.54) is 5.56 Å². The van der Waals surface area contributed by atoms with E-state index in [4.69, 9.17) is 28.6 Å². The highest BCUT2D eigenvalue weighted by Crippen LogP contribution is 2.31. The van der Waals surface area contributed by atoms with Crippen LogP contribution in [-0.4, -0.2) is 12.2 Å². The highest BCUT2D eigenvalue weighted by atomic mass is 35.5. The Bertz CT molecular complexity index is 716. The number of halogens is 1. The Labute approximate surface area is 141 Å². The first kappa shape index (κ1) is 16.6. The third-order valence-electron chi connectivity index (χ3n) is 3.37. The van der Waals surface area contributed by atoms with Gasteiger partial charge >= 0.3 is 0 Å². The molecule has 0 unspecified atom stereocenters. The molecule has 0 heterocycles. The van der Waals surface area contributed by atoms with E-state index < -0.39 is 0 Å². The van der Waals surface area contributed by atoms with Crippen molar-refractivity contribution in [3.05, 3.63) is 52.0 Å². The summed E-state index contributed by atoms with van der Waals surface area (Å²) in [6.45, 7) is 6.03. The van der Waals surface area contributed by atoms with Crippen LogP contribution in [0.15, 0.2) is 30.3 Å². The number of aryl methyl sites for hydroxylation is 3. The number of benzene rings is 2. The molecule has 5 heteroatoms. The zero-order valence-electron chi connectivity index (χ0n) is 13.1. The normalized spacial score (nSPS) is 10.2. The lowest BCUT2D eigenvalue weighted by atomic mass is 10.1. The Morgan fingerprint density at radius 1 is 1.00 bits per heavy atom. The lowest BCUT2D eigenvalue weighted by molar-refractivity contribution is 0.417. The minimum atomic E-state index is 0.508. The zero-order valence-corrected chi connectivity index (χ0v) is 14.7. The summed E-state index contributed by atoms with van der Waals surface area (Å²) in [5, 5.41) is 7.55. The number of thiocarbonyl (C=S) groups is 1. The Balaban J connectivity index is 2.19. The molecule has 0 fully saturated rings. The highest BCUT2D eigenvalue weighted by Gasteiger charge is 2.09. The summed E-state index contributed by atoms with van der Waals surface area (Å²) in [5.41, 5.74) is 5.04. The van der Waals surface area contributed by atoms with Gasteiger partial charge in [0, 0.05) is 16.8 Å². The smallest absolute Gasteiger partial charge is 0.175 e. The Morgan fingerprint density at radius 3 is 2.36 bits per heavy atom. The van der Waals surface area contributed by atoms with Gasteiger partial charge in [0.25, 0.3) is 0 Å². The molecule has 0 aliphatic heterocycles. The van der Waals surface area contributed by atoms with E-state index in [0.29, 0.717) is 15.9 Å². The molecule has 0 spiro atoms. The maximum atomic E-state index is 6.11. The van der Waals surface area contributed by atoms with Gasteiger partial charge < -0.3 is 15.4 Å². The second-order valence-corrected chi connectivity index (χ2v) is 6.01. The van der Waals surface area contributed by atoms with Gasteiger partial charge in [-0.05, 0) is 61.8 Å². The highest BCUT2D eigenvalue weighted by molar-refractivity contribution is 7.80. The van der Waals surface area contributed by atoms with Crippen LogP contribution in [0.4, 0.5) is 11.4 Å². The number of rotatable bonds is 3. The van der Waals surface area contributed by atoms with E-state index in [1.807, 2.05) is 26.8 Å². The molecule has 3 nitrogen and oxygen atoms in total. The Morgan fingerprint density at radius 2 is 1.68 bits per heavy atom. The largest absolute Gasteiger partial charge is 0.495 e. The van der Waals surface area contributed by atoms with Crippen LogP contribution in [-0.2, 0) is 0 Å². The fourth-order valence-electron chi connectivity index (χ4n) is 2.08. The van der Waals surface area contributed by atoms with Crippen molar-refractivity contribution in [2.45, 2.75) is 20.8 Å². The van der Waals surface area contributed by atoms with Crippen molar-refractivity contribution in [2.24, 2.45) is 0 Å². The van der Waals surface area contributed by atoms with Crippen molar-refractivity contribution in [3.8, 4) is 5.75 Å². The summed E-state index contributed by atoms with van der Waals surface area (Å²) in [5.74, 6) is 0.653. The molecule has 0 amide bonds. The molecule has 0 aromatic heterocycles. The first-order valence-electron chi connectivity index (χ1n) is 6.90. The van der Waals surface area contributed by atoms with Gasteiger partial charge in [0.15, 0.2) is 5.11 Å². The molecule has 2 aromatic carbocycles. The van der Waals surface area contributed by atoms with E-state index >= 15 is 0 Å². The third-order valence-corrected chi connectivity index (χ3v) is 3.98. The van der Waals surface area contributed by atoms with Crippen LogP contribution in [0, 0.1) is 20.8 Å². The lowest BCUT2D eigenvalue weighted by Crippen LogP contribution is -2.20.